The van der Waals surface area contributed by atoms with Gasteiger partial charge in [-0.2, -0.15) is 16.8 Å². The zero-order chi connectivity index (χ0) is 27.5. The van der Waals surface area contributed by atoms with E-state index < -0.39 is 32.2 Å². The van der Waals surface area contributed by atoms with Crippen LogP contribution in [0.25, 0.3) is 11.1 Å². The maximum Gasteiger partial charge on any atom is 0.339 e. The molecule has 0 aliphatic carbocycles. The first-order chi connectivity index (χ1) is 18.0. The third-order valence-corrected chi connectivity index (χ3v) is 7.67. The van der Waals surface area contributed by atoms with Gasteiger partial charge in [-0.25, -0.2) is 9.59 Å². The largest absolute Gasteiger partial charge is 0.478 e. The highest BCUT2D eigenvalue weighted by atomic mass is 32.2. The molecule has 0 aliphatic rings. The zero-order valence-corrected chi connectivity index (χ0v) is 20.8. The molecule has 12 heteroatoms. The van der Waals surface area contributed by atoms with Crippen molar-refractivity contribution < 1.29 is 45.0 Å². The van der Waals surface area contributed by atoms with Crippen molar-refractivity contribution in [1.29, 1.82) is 0 Å². The summed E-state index contributed by atoms with van der Waals surface area (Å²) in [5.41, 5.74) is -0.0578. The van der Waals surface area contributed by atoms with Gasteiger partial charge in [0, 0.05) is 0 Å². The molecule has 0 bridgehead atoms. The Kier molecular flexibility index (Phi) is 7.19. The van der Waals surface area contributed by atoms with E-state index in [2.05, 4.69) is 0 Å². The second kappa shape index (κ2) is 10.4. The average molecular weight is 555 g/mol. The number of carbonyl (C=O) groups is 2. The number of benzene rings is 4. The summed E-state index contributed by atoms with van der Waals surface area (Å²) in [6, 6.07) is 21.4. The number of hydrogen-bond acceptors (Lipinski definition) is 8. The number of para-hydroxylation sites is 2. The van der Waals surface area contributed by atoms with Gasteiger partial charge in [0.1, 0.15) is 20.9 Å². The van der Waals surface area contributed by atoms with E-state index in [1.165, 1.54) is 97.1 Å². The van der Waals surface area contributed by atoms with Crippen molar-refractivity contribution in [2.45, 2.75) is 9.79 Å². The fraction of sp³-hybridized carbons (Fsp3) is 0. The molecule has 2 N–H and O–H groups in total. The van der Waals surface area contributed by atoms with Gasteiger partial charge in [-0.05, 0) is 59.7 Å². The third-order valence-electron chi connectivity index (χ3n) is 5.21. The van der Waals surface area contributed by atoms with Gasteiger partial charge in [0.15, 0.2) is 11.5 Å². The topological polar surface area (TPSA) is 161 Å². The lowest BCUT2D eigenvalue weighted by Gasteiger charge is -2.12. The normalized spacial score (nSPS) is 11.5. The molecular weight excluding hydrogens is 536 g/mol. The SMILES string of the molecule is O=C(O)c1ccccc1OS(=O)(=O)c1cccc(-c2cccc(S(=O)(=O)Oc3ccccc3C(=O)O)c2)c1. The van der Waals surface area contributed by atoms with Crippen LogP contribution in [0.4, 0.5) is 0 Å². The molecular formula is C26H18O10S2. The van der Waals surface area contributed by atoms with E-state index in [1.807, 2.05) is 0 Å². The van der Waals surface area contributed by atoms with Crippen LogP contribution in [0, 0.1) is 0 Å². The van der Waals surface area contributed by atoms with Crippen molar-refractivity contribution in [1.82, 2.24) is 0 Å². The summed E-state index contributed by atoms with van der Waals surface area (Å²) in [7, 11) is -8.91. The standard InChI is InChI=1S/C26H18O10S2/c27-25(28)21-11-1-3-13-23(21)35-37(31,32)19-9-5-7-17(15-19)18-8-6-10-20(16-18)38(33,34)36-24-14-4-2-12-22(24)26(29)30/h1-16H,(H,27,28)(H,29,30). The third kappa shape index (κ3) is 5.66. The van der Waals surface area contributed by atoms with E-state index in [0.717, 1.165) is 0 Å². The molecule has 38 heavy (non-hydrogen) atoms. The number of hydrogen-bond donors (Lipinski definition) is 2. The van der Waals surface area contributed by atoms with Crippen LogP contribution >= 0.6 is 0 Å². The summed E-state index contributed by atoms with van der Waals surface area (Å²) in [6.07, 6.45) is 0. The Morgan fingerprint density at radius 1 is 0.526 bits per heavy atom. The van der Waals surface area contributed by atoms with Gasteiger partial charge < -0.3 is 18.6 Å². The van der Waals surface area contributed by atoms with Gasteiger partial charge in [-0.15, -0.1) is 0 Å². The fourth-order valence-electron chi connectivity index (χ4n) is 3.43. The molecule has 194 valence electrons. The minimum absolute atomic E-state index is 0.296. The van der Waals surface area contributed by atoms with E-state index in [-0.39, 0.29) is 32.4 Å². The van der Waals surface area contributed by atoms with E-state index in [0.29, 0.717) is 11.1 Å². The van der Waals surface area contributed by atoms with Crippen molar-refractivity contribution >= 4 is 32.2 Å². The van der Waals surface area contributed by atoms with Crippen LogP contribution in [0.3, 0.4) is 0 Å². The molecule has 0 saturated carbocycles. The van der Waals surface area contributed by atoms with Gasteiger partial charge in [0.25, 0.3) is 0 Å². The first-order valence-corrected chi connectivity index (χ1v) is 13.5. The maximum atomic E-state index is 12.9. The molecule has 0 radical (unpaired) electrons. The lowest BCUT2D eigenvalue weighted by Crippen LogP contribution is -2.13. The van der Waals surface area contributed by atoms with Crippen molar-refractivity contribution in [3.63, 3.8) is 0 Å². The second-order valence-electron chi connectivity index (χ2n) is 7.73. The quantitative estimate of drug-likeness (QED) is 0.286. The van der Waals surface area contributed by atoms with Gasteiger partial charge in [0.05, 0.1) is 0 Å². The van der Waals surface area contributed by atoms with Crippen LogP contribution in [-0.2, 0) is 20.2 Å². The second-order valence-corrected chi connectivity index (χ2v) is 10.8. The fourth-order valence-corrected chi connectivity index (χ4v) is 5.42. The smallest absolute Gasteiger partial charge is 0.339 e. The van der Waals surface area contributed by atoms with Crippen LogP contribution in [-0.4, -0.2) is 39.0 Å². The Morgan fingerprint density at radius 2 is 0.895 bits per heavy atom. The Bertz CT molecular complexity index is 1630. The zero-order valence-electron chi connectivity index (χ0n) is 19.2. The van der Waals surface area contributed by atoms with E-state index in [1.54, 1.807) is 0 Å². The van der Waals surface area contributed by atoms with E-state index >= 15 is 0 Å². The Morgan fingerprint density at radius 3 is 1.26 bits per heavy atom. The minimum atomic E-state index is -4.45. The highest BCUT2D eigenvalue weighted by Crippen LogP contribution is 2.29. The summed E-state index contributed by atoms with van der Waals surface area (Å²) in [6.45, 7) is 0. The first-order valence-electron chi connectivity index (χ1n) is 10.7. The molecule has 0 atom stereocenters. The lowest BCUT2D eigenvalue weighted by atomic mass is 10.1. The molecule has 0 fully saturated rings. The summed E-state index contributed by atoms with van der Waals surface area (Å²) in [5.74, 6) is -3.46. The monoisotopic (exact) mass is 554 g/mol. The molecule has 0 heterocycles. The molecule has 4 aromatic rings. The molecule has 0 saturated heterocycles. The summed E-state index contributed by atoms with van der Waals surface area (Å²) < 4.78 is 61.7. The number of aromatic carboxylic acids is 2. The summed E-state index contributed by atoms with van der Waals surface area (Å²) in [4.78, 5) is 22.2. The number of carboxylic acids is 2. The predicted octanol–water partition coefficient (Wildman–Crippen LogP) is 4.29. The number of carboxylic acid groups (broad SMARTS) is 2. The van der Waals surface area contributed by atoms with Crippen molar-refractivity contribution in [3.8, 4) is 22.6 Å². The average Bonchev–Trinajstić information content (AvgIpc) is 2.89. The van der Waals surface area contributed by atoms with Crippen LogP contribution < -0.4 is 8.37 Å². The van der Waals surface area contributed by atoms with Crippen LogP contribution in [0.5, 0.6) is 11.5 Å². The predicted molar refractivity (Wildman–Crippen MR) is 134 cm³/mol. The first kappa shape index (κ1) is 26.4. The highest BCUT2D eigenvalue weighted by molar-refractivity contribution is 7.87. The molecule has 10 nitrogen and oxygen atoms in total. The molecule has 0 aliphatic heterocycles. The van der Waals surface area contributed by atoms with E-state index in [4.69, 9.17) is 8.37 Å². The Balaban J connectivity index is 1.66. The van der Waals surface area contributed by atoms with Gasteiger partial charge in [-0.3, -0.25) is 0 Å². The van der Waals surface area contributed by atoms with Gasteiger partial charge >= 0.3 is 32.2 Å². The minimum Gasteiger partial charge on any atom is -0.478 e. The van der Waals surface area contributed by atoms with Crippen LogP contribution in [0.15, 0.2) is 107 Å². The van der Waals surface area contributed by atoms with E-state index in [9.17, 15) is 36.6 Å². The molecule has 0 amide bonds. The van der Waals surface area contributed by atoms with Crippen molar-refractivity contribution in [2.75, 3.05) is 0 Å². The van der Waals surface area contributed by atoms with Gasteiger partial charge in [0.2, 0.25) is 0 Å². The van der Waals surface area contributed by atoms with Crippen molar-refractivity contribution in [3.05, 3.63) is 108 Å². The molecule has 0 aromatic heterocycles. The Labute approximate surface area is 217 Å². The van der Waals surface area contributed by atoms with Crippen molar-refractivity contribution in [2.24, 2.45) is 0 Å². The van der Waals surface area contributed by atoms with Crippen LogP contribution in [0.2, 0.25) is 0 Å². The number of rotatable bonds is 9. The molecule has 0 unspecified atom stereocenters. The maximum absolute atomic E-state index is 12.9. The van der Waals surface area contributed by atoms with Crippen LogP contribution in [0.1, 0.15) is 20.7 Å². The summed E-state index contributed by atoms with van der Waals surface area (Å²) >= 11 is 0. The molecule has 4 rings (SSSR count). The Hall–Kier alpha value is -4.68. The lowest BCUT2D eigenvalue weighted by molar-refractivity contribution is 0.0683. The molecule has 4 aromatic carbocycles. The highest BCUT2D eigenvalue weighted by Gasteiger charge is 2.23. The molecule has 0 spiro atoms. The van der Waals surface area contributed by atoms with Gasteiger partial charge in [-0.1, -0.05) is 48.5 Å². The summed E-state index contributed by atoms with van der Waals surface area (Å²) in [5, 5.41) is 18.6.